The van der Waals surface area contributed by atoms with Gasteiger partial charge in [-0.15, -0.1) is 0 Å². The van der Waals surface area contributed by atoms with Crippen molar-refractivity contribution in [1.29, 1.82) is 0 Å². The zero-order valence-electron chi connectivity index (χ0n) is 20.4. The summed E-state index contributed by atoms with van der Waals surface area (Å²) in [5, 5.41) is 3.38. The van der Waals surface area contributed by atoms with Gasteiger partial charge in [-0.25, -0.2) is 8.78 Å². The van der Waals surface area contributed by atoms with Gasteiger partial charge in [-0.2, -0.15) is 0 Å². The SMILES string of the molecule is CN(CC1C=C(F)C=CC1)CC1CCC2C3C(C4=CC=C(F)CC4)=C(C4C=CNCC4)CC1C23. The molecule has 34 heavy (non-hydrogen) atoms. The largest absolute Gasteiger partial charge is 0.391 e. The summed E-state index contributed by atoms with van der Waals surface area (Å²) in [5.41, 5.74) is 4.73. The lowest BCUT2D eigenvalue weighted by Crippen LogP contribution is -2.37. The number of allylic oxidation sites excluding steroid dienone is 10. The van der Waals surface area contributed by atoms with Crippen LogP contribution in [-0.4, -0.2) is 31.6 Å². The number of hydrogen-bond acceptors (Lipinski definition) is 2. The number of hydrogen-bond donors (Lipinski definition) is 1. The van der Waals surface area contributed by atoms with Gasteiger partial charge in [0.15, 0.2) is 0 Å². The summed E-state index contributed by atoms with van der Waals surface area (Å²) in [6.45, 7) is 3.10. The minimum absolute atomic E-state index is 0.0286. The van der Waals surface area contributed by atoms with Crippen LogP contribution in [-0.2, 0) is 0 Å². The fourth-order valence-corrected chi connectivity index (χ4v) is 8.01. The summed E-state index contributed by atoms with van der Waals surface area (Å²) in [6, 6.07) is 0. The highest BCUT2D eigenvalue weighted by Gasteiger charge is 2.62. The van der Waals surface area contributed by atoms with Gasteiger partial charge in [0, 0.05) is 32.0 Å². The second-order valence-electron chi connectivity index (χ2n) is 11.6. The first kappa shape index (κ1) is 22.5. The Morgan fingerprint density at radius 3 is 2.74 bits per heavy atom. The van der Waals surface area contributed by atoms with E-state index in [0.29, 0.717) is 24.2 Å². The van der Waals surface area contributed by atoms with Gasteiger partial charge in [0.1, 0.15) is 11.7 Å². The van der Waals surface area contributed by atoms with Crippen LogP contribution in [0, 0.1) is 41.4 Å². The summed E-state index contributed by atoms with van der Waals surface area (Å²) in [4.78, 5) is 2.47. The van der Waals surface area contributed by atoms with Crippen molar-refractivity contribution in [3.05, 3.63) is 71.0 Å². The third-order valence-corrected chi connectivity index (χ3v) is 9.48. The lowest BCUT2D eigenvalue weighted by atomic mass is 9.69. The van der Waals surface area contributed by atoms with Crippen LogP contribution in [0.15, 0.2) is 71.0 Å². The van der Waals surface area contributed by atoms with Crippen LogP contribution in [0.25, 0.3) is 0 Å². The molecule has 0 aromatic rings. The second kappa shape index (κ2) is 9.26. The van der Waals surface area contributed by atoms with E-state index in [2.05, 4.69) is 35.6 Å². The molecule has 0 aromatic heterocycles. The van der Waals surface area contributed by atoms with Crippen molar-refractivity contribution in [2.45, 2.75) is 44.9 Å². The first-order valence-electron chi connectivity index (χ1n) is 13.5. The van der Waals surface area contributed by atoms with Crippen molar-refractivity contribution in [1.82, 2.24) is 10.2 Å². The molecule has 5 aliphatic carbocycles. The molecule has 1 aliphatic heterocycles. The number of nitrogens with zero attached hydrogens (tertiary/aromatic N) is 1. The molecule has 6 rings (SSSR count). The first-order valence-corrected chi connectivity index (χ1v) is 13.5. The molecule has 0 spiro atoms. The van der Waals surface area contributed by atoms with Crippen molar-refractivity contribution in [3.8, 4) is 0 Å². The lowest BCUT2D eigenvalue weighted by molar-refractivity contribution is 0.147. The van der Waals surface area contributed by atoms with Gasteiger partial charge in [-0.05, 0) is 117 Å². The number of nitrogens with one attached hydrogen (secondary N) is 1. The molecule has 1 N–H and O–H groups in total. The normalized spacial score (nSPS) is 38.7. The maximum absolute atomic E-state index is 13.8. The topological polar surface area (TPSA) is 15.3 Å². The van der Waals surface area contributed by atoms with Crippen molar-refractivity contribution in [2.75, 3.05) is 26.7 Å². The van der Waals surface area contributed by atoms with Crippen LogP contribution in [0.4, 0.5) is 8.78 Å². The highest BCUT2D eigenvalue weighted by atomic mass is 19.1. The fraction of sp³-hybridized carbons (Fsp3) is 0.600. The summed E-state index contributed by atoms with van der Waals surface area (Å²) < 4.78 is 27.5. The van der Waals surface area contributed by atoms with Crippen molar-refractivity contribution < 1.29 is 8.78 Å². The molecule has 1 heterocycles. The highest BCUT2D eigenvalue weighted by molar-refractivity contribution is 5.49. The van der Waals surface area contributed by atoms with Gasteiger partial charge in [0.2, 0.25) is 0 Å². The standard InChI is InChI=1S/C30H38F2N2/c1-34(17-19-3-2-4-24(32)15-19)18-22-7-10-25-29-27(22)16-26(20-11-13-33-14-12-20)28(30(25)29)21-5-8-23(31)9-6-21/h2,4-5,8,11,13,15,19-20,22,25,27,29-30,33H,3,6-7,9-10,12,14,16-18H2,1H3. The van der Waals surface area contributed by atoms with E-state index in [-0.39, 0.29) is 11.7 Å². The van der Waals surface area contributed by atoms with E-state index in [9.17, 15) is 8.78 Å². The fourth-order valence-electron chi connectivity index (χ4n) is 8.01. The molecule has 0 amide bonds. The summed E-state index contributed by atoms with van der Waals surface area (Å²) in [6.07, 6.45) is 21.1. The third-order valence-electron chi connectivity index (χ3n) is 9.48. The maximum Gasteiger partial charge on any atom is 0.119 e. The smallest absolute Gasteiger partial charge is 0.119 e. The summed E-state index contributed by atoms with van der Waals surface area (Å²) in [5.74, 6) is 4.62. The van der Waals surface area contributed by atoms with E-state index in [1.807, 2.05) is 6.08 Å². The molecule has 0 aromatic carbocycles. The van der Waals surface area contributed by atoms with Crippen LogP contribution in [0.3, 0.4) is 0 Å². The van der Waals surface area contributed by atoms with E-state index >= 15 is 0 Å². The van der Waals surface area contributed by atoms with Crippen molar-refractivity contribution >= 4 is 0 Å². The molecular weight excluding hydrogens is 426 g/mol. The molecule has 2 nitrogen and oxygen atoms in total. The molecule has 0 bridgehead atoms. The molecular formula is C30H38F2N2. The van der Waals surface area contributed by atoms with E-state index < -0.39 is 0 Å². The Labute approximate surface area is 203 Å². The molecule has 182 valence electrons. The van der Waals surface area contributed by atoms with Crippen LogP contribution < -0.4 is 5.32 Å². The molecule has 7 atom stereocenters. The molecule has 0 saturated heterocycles. The molecule has 0 radical (unpaired) electrons. The quantitative estimate of drug-likeness (QED) is 0.474. The molecule has 2 saturated carbocycles. The van der Waals surface area contributed by atoms with Gasteiger partial charge in [0.05, 0.1) is 0 Å². The minimum atomic E-state index is -0.0812. The van der Waals surface area contributed by atoms with E-state index in [1.54, 1.807) is 29.4 Å². The Kier molecular flexibility index (Phi) is 6.13. The molecule has 7 unspecified atom stereocenters. The van der Waals surface area contributed by atoms with Gasteiger partial charge in [0.25, 0.3) is 0 Å². The van der Waals surface area contributed by atoms with Crippen LogP contribution in [0.5, 0.6) is 0 Å². The Hall–Kier alpha value is -1.94. The van der Waals surface area contributed by atoms with Crippen LogP contribution in [0.2, 0.25) is 0 Å². The van der Waals surface area contributed by atoms with Gasteiger partial charge >= 0.3 is 0 Å². The van der Waals surface area contributed by atoms with E-state index in [4.69, 9.17) is 0 Å². The Morgan fingerprint density at radius 1 is 1.06 bits per heavy atom. The van der Waals surface area contributed by atoms with Crippen molar-refractivity contribution in [2.24, 2.45) is 41.4 Å². The Balaban J connectivity index is 1.23. The number of fused-ring (bicyclic) bond motifs is 1. The molecule has 4 heteroatoms. The second-order valence-corrected chi connectivity index (χ2v) is 11.6. The summed E-state index contributed by atoms with van der Waals surface area (Å²) >= 11 is 0. The van der Waals surface area contributed by atoms with Crippen LogP contribution in [0.1, 0.15) is 44.9 Å². The van der Waals surface area contributed by atoms with E-state index in [1.165, 1.54) is 31.3 Å². The Morgan fingerprint density at radius 2 is 1.97 bits per heavy atom. The maximum atomic E-state index is 13.8. The summed E-state index contributed by atoms with van der Waals surface area (Å²) in [7, 11) is 2.23. The lowest BCUT2D eigenvalue weighted by Gasteiger charge is -2.39. The van der Waals surface area contributed by atoms with Gasteiger partial charge < -0.3 is 10.2 Å². The zero-order chi connectivity index (χ0) is 23.2. The monoisotopic (exact) mass is 464 g/mol. The van der Waals surface area contributed by atoms with E-state index in [0.717, 1.165) is 56.1 Å². The van der Waals surface area contributed by atoms with Crippen molar-refractivity contribution in [3.63, 3.8) is 0 Å². The van der Waals surface area contributed by atoms with Gasteiger partial charge in [-0.3, -0.25) is 0 Å². The number of rotatable bonds is 6. The average Bonchev–Trinajstić information content (AvgIpc) is 3.57. The van der Waals surface area contributed by atoms with Crippen LogP contribution >= 0.6 is 0 Å². The average molecular weight is 465 g/mol. The first-order chi connectivity index (χ1) is 16.6. The predicted molar refractivity (Wildman–Crippen MR) is 134 cm³/mol. The van der Waals surface area contributed by atoms with Gasteiger partial charge in [-0.1, -0.05) is 23.8 Å². The Bertz CT molecular complexity index is 999. The third kappa shape index (κ3) is 4.27. The predicted octanol–water partition coefficient (Wildman–Crippen LogP) is 6.63. The highest BCUT2D eigenvalue weighted by Crippen LogP contribution is 2.69. The minimum Gasteiger partial charge on any atom is -0.391 e. The number of halogens is 2. The molecule has 6 aliphatic rings. The molecule has 2 fully saturated rings. The zero-order valence-corrected chi connectivity index (χ0v) is 20.4.